The highest BCUT2D eigenvalue weighted by molar-refractivity contribution is 5.98. The first-order valence-corrected chi connectivity index (χ1v) is 10.4. The van der Waals surface area contributed by atoms with Crippen molar-refractivity contribution in [1.29, 1.82) is 0 Å². The number of nitrogens with one attached hydrogen (secondary N) is 2. The van der Waals surface area contributed by atoms with Crippen molar-refractivity contribution in [3.8, 4) is 29.4 Å². The van der Waals surface area contributed by atoms with E-state index >= 15 is 0 Å². The summed E-state index contributed by atoms with van der Waals surface area (Å²) in [6.07, 6.45) is 0. The number of phenolic OH excluding ortho intramolecular Hbond substituents is 1. The van der Waals surface area contributed by atoms with Crippen LogP contribution in [-0.2, 0) is 10.4 Å². The fourth-order valence-corrected chi connectivity index (χ4v) is 3.18. The van der Waals surface area contributed by atoms with Gasteiger partial charge in [-0.1, -0.05) is 24.0 Å². The van der Waals surface area contributed by atoms with E-state index in [2.05, 4.69) is 29.0 Å². The molecule has 8 heteroatoms. The van der Waals surface area contributed by atoms with Crippen molar-refractivity contribution >= 4 is 17.5 Å². The van der Waals surface area contributed by atoms with Gasteiger partial charge < -0.3 is 21.3 Å². The number of hydrogen-bond acceptors (Lipinski definition) is 6. The molecule has 0 aromatic heterocycles. The first-order valence-electron chi connectivity index (χ1n) is 10.4. The Hall–Kier alpha value is -4.76. The molecule has 8 nitrogen and oxygen atoms in total. The highest BCUT2D eigenvalue weighted by Crippen LogP contribution is 2.27. The molecule has 2 atom stereocenters. The third-order valence-corrected chi connectivity index (χ3v) is 5.20. The lowest BCUT2D eigenvalue weighted by Gasteiger charge is -2.32. The molecular weight excluding hydrogens is 446 g/mol. The number of phenols is 1. The van der Waals surface area contributed by atoms with Crippen LogP contribution < -0.4 is 16.5 Å². The summed E-state index contributed by atoms with van der Waals surface area (Å²) in [5.41, 5.74) is 7.71. The van der Waals surface area contributed by atoms with Crippen LogP contribution in [0.5, 0.6) is 5.75 Å². The van der Waals surface area contributed by atoms with Crippen molar-refractivity contribution in [3.05, 3.63) is 95.1 Å². The highest BCUT2D eigenvalue weighted by atomic mass is 16.5. The van der Waals surface area contributed by atoms with Gasteiger partial charge in [-0.05, 0) is 85.0 Å². The Morgan fingerprint density at radius 2 is 1.40 bits per heavy atom. The normalized spacial score (nSPS) is 12.5. The number of nitrogens with two attached hydrogens (primary N) is 1. The first-order chi connectivity index (χ1) is 16.7. The van der Waals surface area contributed by atoms with Gasteiger partial charge in [-0.2, -0.15) is 0 Å². The first kappa shape index (κ1) is 24.9. The number of carbonyl (C=O) groups is 2. The van der Waals surface area contributed by atoms with Gasteiger partial charge in [0, 0.05) is 22.4 Å². The predicted molar refractivity (Wildman–Crippen MR) is 130 cm³/mol. The summed E-state index contributed by atoms with van der Waals surface area (Å²) in [5.74, 6) is 9.56. The van der Waals surface area contributed by atoms with Crippen molar-refractivity contribution in [2.24, 2.45) is 0 Å². The fraction of sp³-hybridized carbons (Fsp3) is 0.111. The Labute approximate surface area is 202 Å². The molecule has 0 saturated carbocycles. The Morgan fingerprint density at radius 3 is 1.91 bits per heavy atom. The van der Waals surface area contributed by atoms with Gasteiger partial charge in [-0.15, -0.1) is 0 Å². The molecule has 1 unspecified atom stereocenters. The summed E-state index contributed by atoms with van der Waals surface area (Å²) < 4.78 is 0. The van der Waals surface area contributed by atoms with E-state index in [1.54, 1.807) is 36.4 Å². The third kappa shape index (κ3) is 6.40. The standard InChI is InChI=1S/C27H23N3O5/c1-27(34,21-12-16-23(31)17-13-21)24(26(33)30-35)29-25(32)20-10-6-18(7-11-20)4-2-3-5-19-8-14-22(28)15-9-19/h6-17,24,31,34-35H,28H2,1H3,(H,29,32)(H,30,33)/t24?,27-/m1/s1. The second-order valence-electron chi connectivity index (χ2n) is 7.78. The Balaban J connectivity index is 1.73. The van der Waals surface area contributed by atoms with Crippen LogP contribution in [0.2, 0.25) is 0 Å². The van der Waals surface area contributed by atoms with Crippen LogP contribution in [0.25, 0.3) is 0 Å². The van der Waals surface area contributed by atoms with Crippen molar-refractivity contribution in [2.45, 2.75) is 18.6 Å². The molecule has 0 aliphatic carbocycles. The molecule has 3 aromatic rings. The molecule has 0 fully saturated rings. The third-order valence-electron chi connectivity index (χ3n) is 5.20. The second-order valence-corrected chi connectivity index (χ2v) is 7.78. The SMILES string of the molecule is C[C@@](O)(c1ccc(O)cc1)C(NC(=O)c1ccc(C#CC#Cc2ccc(N)cc2)cc1)C(=O)NO. The van der Waals surface area contributed by atoms with Crippen molar-refractivity contribution < 1.29 is 25.0 Å². The molecular formula is C27H23N3O5. The number of aromatic hydroxyl groups is 1. The van der Waals surface area contributed by atoms with Gasteiger partial charge >= 0.3 is 0 Å². The number of amides is 2. The van der Waals surface area contributed by atoms with Crippen LogP contribution in [0.15, 0.2) is 72.8 Å². The fourth-order valence-electron chi connectivity index (χ4n) is 3.18. The average Bonchev–Trinajstić information content (AvgIpc) is 2.86. The molecule has 35 heavy (non-hydrogen) atoms. The summed E-state index contributed by atoms with van der Waals surface area (Å²) >= 11 is 0. The van der Waals surface area contributed by atoms with Crippen LogP contribution in [0.1, 0.15) is 34.0 Å². The molecule has 0 heterocycles. The minimum absolute atomic E-state index is 0.0313. The van der Waals surface area contributed by atoms with Crippen LogP contribution in [0, 0.1) is 23.7 Å². The Morgan fingerprint density at radius 1 is 0.886 bits per heavy atom. The molecule has 3 rings (SSSR count). The molecule has 0 aliphatic rings. The van der Waals surface area contributed by atoms with E-state index in [-0.39, 0.29) is 16.9 Å². The maximum absolute atomic E-state index is 12.8. The largest absolute Gasteiger partial charge is 0.508 e. The number of rotatable bonds is 5. The number of hydroxylamine groups is 1. The Bertz CT molecular complexity index is 1320. The quantitative estimate of drug-likeness (QED) is 0.146. The van der Waals surface area contributed by atoms with Gasteiger partial charge in [0.15, 0.2) is 0 Å². The van der Waals surface area contributed by atoms with Crippen LogP contribution in [0.3, 0.4) is 0 Å². The predicted octanol–water partition coefficient (Wildman–Crippen LogP) is 1.89. The molecule has 0 bridgehead atoms. The zero-order valence-electron chi connectivity index (χ0n) is 18.7. The molecule has 7 N–H and O–H groups in total. The van der Waals surface area contributed by atoms with Gasteiger partial charge in [0.1, 0.15) is 17.4 Å². The van der Waals surface area contributed by atoms with Gasteiger partial charge in [-0.3, -0.25) is 14.8 Å². The van der Waals surface area contributed by atoms with E-state index in [1.165, 1.54) is 48.8 Å². The van der Waals surface area contributed by atoms with Gasteiger partial charge in [0.2, 0.25) is 0 Å². The van der Waals surface area contributed by atoms with E-state index in [0.717, 1.165) is 5.56 Å². The molecule has 0 spiro atoms. The maximum Gasteiger partial charge on any atom is 0.269 e. The average molecular weight is 469 g/mol. The minimum atomic E-state index is -1.90. The molecule has 176 valence electrons. The van der Waals surface area contributed by atoms with E-state index in [4.69, 9.17) is 10.9 Å². The number of carbonyl (C=O) groups excluding carboxylic acids is 2. The number of aliphatic hydroxyl groups is 1. The summed E-state index contributed by atoms with van der Waals surface area (Å²) in [6, 6.07) is 17.3. The lowest BCUT2D eigenvalue weighted by molar-refractivity contribution is -0.138. The lowest BCUT2D eigenvalue weighted by Crippen LogP contribution is -2.57. The lowest BCUT2D eigenvalue weighted by atomic mass is 9.87. The van der Waals surface area contributed by atoms with Crippen molar-refractivity contribution in [3.63, 3.8) is 0 Å². The summed E-state index contributed by atoms with van der Waals surface area (Å²) in [7, 11) is 0. The second kappa shape index (κ2) is 10.9. The highest BCUT2D eigenvalue weighted by Gasteiger charge is 2.40. The smallest absolute Gasteiger partial charge is 0.269 e. The number of benzene rings is 3. The molecule has 0 aliphatic heterocycles. The van der Waals surface area contributed by atoms with Crippen LogP contribution in [-0.4, -0.2) is 33.3 Å². The van der Waals surface area contributed by atoms with Crippen LogP contribution in [0.4, 0.5) is 5.69 Å². The van der Waals surface area contributed by atoms with Gasteiger partial charge in [0.25, 0.3) is 11.8 Å². The Kier molecular flexibility index (Phi) is 7.75. The number of hydrogen-bond donors (Lipinski definition) is 6. The maximum atomic E-state index is 12.8. The van der Waals surface area contributed by atoms with E-state index in [0.29, 0.717) is 11.3 Å². The molecule has 2 amide bonds. The van der Waals surface area contributed by atoms with Crippen molar-refractivity contribution in [2.75, 3.05) is 5.73 Å². The van der Waals surface area contributed by atoms with E-state index < -0.39 is 23.5 Å². The molecule has 0 radical (unpaired) electrons. The zero-order chi connectivity index (χ0) is 25.4. The number of nitrogen functional groups attached to an aromatic ring is 1. The van der Waals surface area contributed by atoms with Gasteiger partial charge in [0.05, 0.1) is 0 Å². The summed E-state index contributed by atoms with van der Waals surface area (Å²) in [4.78, 5) is 25.0. The summed E-state index contributed by atoms with van der Waals surface area (Å²) in [6.45, 7) is 1.31. The van der Waals surface area contributed by atoms with Crippen LogP contribution >= 0.6 is 0 Å². The van der Waals surface area contributed by atoms with Gasteiger partial charge in [-0.25, -0.2) is 5.48 Å². The van der Waals surface area contributed by atoms with E-state index in [9.17, 15) is 19.8 Å². The monoisotopic (exact) mass is 469 g/mol. The molecule has 3 aromatic carbocycles. The topological polar surface area (TPSA) is 145 Å². The van der Waals surface area contributed by atoms with E-state index in [1.807, 2.05) is 0 Å². The van der Waals surface area contributed by atoms with Crippen molar-refractivity contribution in [1.82, 2.24) is 10.8 Å². The summed E-state index contributed by atoms with van der Waals surface area (Å²) in [5, 5.41) is 32.0. The zero-order valence-corrected chi connectivity index (χ0v) is 18.7. The number of anilines is 1. The minimum Gasteiger partial charge on any atom is -0.508 e. The molecule has 0 saturated heterocycles.